The van der Waals surface area contributed by atoms with Crippen LogP contribution in [0.4, 0.5) is 11.5 Å². The quantitative estimate of drug-likeness (QED) is 0.702. The molecule has 1 atom stereocenters. The molecule has 0 aliphatic carbocycles. The van der Waals surface area contributed by atoms with Crippen LogP contribution in [0.25, 0.3) is 0 Å². The predicted molar refractivity (Wildman–Crippen MR) is 89.2 cm³/mol. The fourth-order valence-electron chi connectivity index (χ4n) is 2.74. The van der Waals surface area contributed by atoms with Crippen molar-refractivity contribution in [3.8, 4) is 0 Å². The van der Waals surface area contributed by atoms with Gasteiger partial charge in [0, 0.05) is 26.8 Å². The highest BCUT2D eigenvalue weighted by Crippen LogP contribution is 2.21. The topological polar surface area (TPSA) is 120 Å². The summed E-state index contributed by atoms with van der Waals surface area (Å²) in [5, 5.41) is 0. The van der Waals surface area contributed by atoms with E-state index in [1.165, 1.54) is 16.6 Å². The fraction of sp³-hybridized carbons (Fsp3) is 0.667. The number of amides is 1. The van der Waals surface area contributed by atoms with Crippen molar-refractivity contribution in [3.63, 3.8) is 0 Å². The van der Waals surface area contributed by atoms with Gasteiger partial charge in [-0.1, -0.05) is 6.92 Å². The van der Waals surface area contributed by atoms with Gasteiger partial charge >= 0.3 is 5.69 Å². The second-order valence-corrected chi connectivity index (χ2v) is 5.63. The highest BCUT2D eigenvalue weighted by atomic mass is 16.5. The Hall–Kier alpha value is -2.13. The zero-order valence-corrected chi connectivity index (χ0v) is 14.0. The van der Waals surface area contributed by atoms with Crippen LogP contribution >= 0.6 is 0 Å². The molecular weight excluding hydrogens is 316 g/mol. The molecule has 1 unspecified atom stereocenters. The van der Waals surface area contributed by atoms with E-state index in [0.29, 0.717) is 26.0 Å². The first-order valence-corrected chi connectivity index (χ1v) is 8.05. The minimum atomic E-state index is -0.688. The molecule has 0 radical (unpaired) electrons. The molecule has 1 aliphatic heterocycles. The van der Waals surface area contributed by atoms with E-state index in [4.69, 9.17) is 15.2 Å². The number of methoxy groups -OCH3 is 1. The Morgan fingerprint density at radius 3 is 2.83 bits per heavy atom. The number of carbonyl (C=O) groups is 1. The van der Waals surface area contributed by atoms with E-state index < -0.39 is 17.4 Å². The third kappa shape index (κ3) is 3.68. The first-order chi connectivity index (χ1) is 11.5. The van der Waals surface area contributed by atoms with Gasteiger partial charge in [0.2, 0.25) is 0 Å². The highest BCUT2D eigenvalue weighted by molar-refractivity contribution is 5.98. The van der Waals surface area contributed by atoms with Crippen molar-refractivity contribution >= 4 is 17.4 Å². The van der Waals surface area contributed by atoms with Crippen molar-refractivity contribution in [2.45, 2.75) is 38.8 Å². The normalized spacial score (nSPS) is 17.2. The SMILES string of the molecule is CCCn1c(N)c(N(CCOC)C(=O)C2CCCO2)c(=O)[nH]c1=O. The van der Waals surface area contributed by atoms with Gasteiger partial charge in [-0.25, -0.2) is 4.79 Å². The number of nitrogen functional groups attached to an aromatic ring is 1. The van der Waals surface area contributed by atoms with Crippen LogP contribution in [0.1, 0.15) is 26.2 Å². The maximum absolute atomic E-state index is 12.8. The van der Waals surface area contributed by atoms with Crippen LogP contribution < -0.4 is 21.9 Å². The van der Waals surface area contributed by atoms with E-state index in [1.54, 1.807) is 0 Å². The lowest BCUT2D eigenvalue weighted by atomic mass is 10.2. The first kappa shape index (κ1) is 18.2. The number of carbonyl (C=O) groups excluding carboxylic acids is 1. The molecule has 2 heterocycles. The molecule has 3 N–H and O–H groups in total. The summed E-state index contributed by atoms with van der Waals surface area (Å²) in [7, 11) is 1.50. The molecule has 9 nitrogen and oxygen atoms in total. The standard InChI is InChI=1S/C15H24N4O5/c1-3-6-19-12(16)11(13(20)17-15(19)22)18(7-9-23-2)14(21)10-5-4-8-24-10/h10H,3-9,16H2,1-2H3,(H,17,20,22). The van der Waals surface area contributed by atoms with E-state index in [0.717, 1.165) is 6.42 Å². The molecule has 1 saturated heterocycles. The highest BCUT2D eigenvalue weighted by Gasteiger charge is 2.32. The second kappa shape index (κ2) is 8.11. The molecule has 0 bridgehead atoms. The van der Waals surface area contributed by atoms with Crippen LogP contribution in [0.15, 0.2) is 9.59 Å². The van der Waals surface area contributed by atoms with Crippen molar-refractivity contribution in [2.24, 2.45) is 0 Å². The maximum Gasteiger partial charge on any atom is 0.330 e. The number of nitrogens with two attached hydrogens (primary N) is 1. The van der Waals surface area contributed by atoms with Gasteiger partial charge in [-0.3, -0.25) is 24.0 Å². The average molecular weight is 340 g/mol. The van der Waals surface area contributed by atoms with Crippen LogP contribution in [0.2, 0.25) is 0 Å². The summed E-state index contributed by atoms with van der Waals surface area (Å²) in [6.45, 7) is 3.12. The van der Waals surface area contributed by atoms with Crippen LogP contribution in [0.5, 0.6) is 0 Å². The Morgan fingerprint density at radius 1 is 1.50 bits per heavy atom. The van der Waals surface area contributed by atoms with E-state index in [1.807, 2.05) is 6.92 Å². The smallest absolute Gasteiger partial charge is 0.330 e. The molecule has 2 rings (SSSR count). The van der Waals surface area contributed by atoms with E-state index >= 15 is 0 Å². The summed E-state index contributed by atoms with van der Waals surface area (Å²) in [4.78, 5) is 40.5. The van der Waals surface area contributed by atoms with Gasteiger partial charge < -0.3 is 15.2 Å². The van der Waals surface area contributed by atoms with Crippen LogP contribution in [0, 0.1) is 0 Å². The summed E-state index contributed by atoms with van der Waals surface area (Å²) in [5.41, 5.74) is 4.75. The Morgan fingerprint density at radius 2 is 2.25 bits per heavy atom. The monoisotopic (exact) mass is 340 g/mol. The Kier molecular flexibility index (Phi) is 6.16. The van der Waals surface area contributed by atoms with Gasteiger partial charge in [0.1, 0.15) is 11.9 Å². The molecular formula is C15H24N4O5. The zero-order valence-electron chi connectivity index (χ0n) is 14.0. The molecule has 1 aromatic heterocycles. The molecule has 1 amide bonds. The number of H-pyrrole nitrogens is 1. The lowest BCUT2D eigenvalue weighted by Crippen LogP contribution is -2.46. The number of nitrogens with zero attached hydrogens (tertiary/aromatic N) is 2. The molecule has 1 aromatic rings. The lowest BCUT2D eigenvalue weighted by molar-refractivity contribution is -0.127. The van der Waals surface area contributed by atoms with Crippen LogP contribution in [-0.2, 0) is 20.8 Å². The van der Waals surface area contributed by atoms with E-state index in [2.05, 4.69) is 4.98 Å². The summed E-state index contributed by atoms with van der Waals surface area (Å²) >= 11 is 0. The van der Waals surface area contributed by atoms with Gasteiger partial charge in [-0.2, -0.15) is 0 Å². The minimum absolute atomic E-state index is 0.0203. The third-order valence-electron chi connectivity index (χ3n) is 3.92. The van der Waals surface area contributed by atoms with Crippen molar-refractivity contribution in [1.82, 2.24) is 9.55 Å². The number of hydrogen-bond donors (Lipinski definition) is 2. The molecule has 1 aliphatic rings. The molecule has 1 fully saturated rings. The van der Waals surface area contributed by atoms with Crippen molar-refractivity contribution in [1.29, 1.82) is 0 Å². The largest absolute Gasteiger partial charge is 0.383 e. The molecule has 134 valence electrons. The summed E-state index contributed by atoms with van der Waals surface area (Å²) in [6.07, 6.45) is 1.44. The van der Waals surface area contributed by atoms with E-state index in [-0.39, 0.29) is 30.6 Å². The van der Waals surface area contributed by atoms with Gasteiger partial charge in [-0.05, 0) is 19.3 Å². The number of ether oxygens (including phenoxy) is 2. The van der Waals surface area contributed by atoms with Crippen LogP contribution in [-0.4, -0.2) is 48.4 Å². The minimum Gasteiger partial charge on any atom is -0.383 e. The Balaban J connectivity index is 2.48. The summed E-state index contributed by atoms with van der Waals surface area (Å²) in [6, 6.07) is 0. The summed E-state index contributed by atoms with van der Waals surface area (Å²) < 4.78 is 11.7. The van der Waals surface area contributed by atoms with Crippen molar-refractivity contribution < 1.29 is 14.3 Å². The lowest BCUT2D eigenvalue weighted by Gasteiger charge is -2.26. The number of aromatic nitrogens is 2. The van der Waals surface area contributed by atoms with Gasteiger partial charge in [0.25, 0.3) is 11.5 Å². The third-order valence-corrected chi connectivity index (χ3v) is 3.92. The first-order valence-electron chi connectivity index (χ1n) is 8.05. The molecule has 0 aromatic carbocycles. The van der Waals surface area contributed by atoms with Crippen molar-refractivity contribution in [3.05, 3.63) is 20.8 Å². The molecule has 9 heteroatoms. The van der Waals surface area contributed by atoms with Gasteiger partial charge in [0.05, 0.1) is 6.61 Å². The number of hydrogen-bond acceptors (Lipinski definition) is 6. The van der Waals surface area contributed by atoms with Crippen LogP contribution in [0.3, 0.4) is 0 Å². The number of anilines is 2. The van der Waals surface area contributed by atoms with Gasteiger partial charge in [0.15, 0.2) is 5.69 Å². The Bertz CT molecular complexity index is 690. The Labute approximate surface area is 139 Å². The number of aromatic amines is 1. The predicted octanol–water partition coefficient (Wildman–Crippen LogP) is -0.313. The molecule has 0 spiro atoms. The average Bonchev–Trinajstić information content (AvgIpc) is 3.08. The summed E-state index contributed by atoms with van der Waals surface area (Å²) in [5.74, 6) is -0.364. The molecule has 24 heavy (non-hydrogen) atoms. The fourth-order valence-corrected chi connectivity index (χ4v) is 2.74. The van der Waals surface area contributed by atoms with Gasteiger partial charge in [-0.15, -0.1) is 0 Å². The number of rotatable bonds is 7. The number of nitrogens with one attached hydrogen (secondary N) is 1. The van der Waals surface area contributed by atoms with Crippen molar-refractivity contribution in [2.75, 3.05) is 37.5 Å². The van der Waals surface area contributed by atoms with E-state index in [9.17, 15) is 14.4 Å². The second-order valence-electron chi connectivity index (χ2n) is 5.63. The maximum atomic E-state index is 12.8. The zero-order chi connectivity index (χ0) is 17.7. The molecule has 0 saturated carbocycles.